The number of hydrogen-bond acceptors (Lipinski definition) is 5. The Kier molecular flexibility index (Phi) is 11.2. The van der Waals surface area contributed by atoms with Crippen LogP contribution in [0.3, 0.4) is 0 Å². The molecule has 5 unspecified atom stereocenters. The first-order valence-electron chi connectivity index (χ1n) is 14.2. The highest BCUT2D eigenvalue weighted by Crippen LogP contribution is 2.37. The molecule has 0 spiro atoms. The number of hydrogen-bond donors (Lipinski definition) is 0. The molecule has 1 fully saturated rings. The molecule has 0 aliphatic carbocycles. The van der Waals surface area contributed by atoms with E-state index in [1.54, 1.807) is 0 Å². The number of ether oxygens (including phenoxy) is 3. The zero-order chi connectivity index (χ0) is 27.8. The lowest BCUT2D eigenvalue weighted by Gasteiger charge is -2.43. The Labute approximate surface area is 231 Å². The van der Waals surface area contributed by atoms with Gasteiger partial charge in [0, 0.05) is 26.1 Å². The van der Waals surface area contributed by atoms with E-state index in [1.807, 2.05) is 0 Å². The van der Waals surface area contributed by atoms with Gasteiger partial charge in [0.15, 0.2) is 6.29 Å². The third-order valence-corrected chi connectivity index (χ3v) is 13.3. The molecule has 1 aliphatic rings. The van der Waals surface area contributed by atoms with Gasteiger partial charge in [-0.3, -0.25) is 4.79 Å². The van der Waals surface area contributed by atoms with Gasteiger partial charge < -0.3 is 18.6 Å². The van der Waals surface area contributed by atoms with E-state index in [2.05, 4.69) is 102 Å². The predicted octanol–water partition coefficient (Wildman–Crippen LogP) is 5.95. The Morgan fingerprint density at radius 2 is 1.37 bits per heavy atom. The van der Waals surface area contributed by atoms with E-state index in [0.717, 1.165) is 25.9 Å². The van der Waals surface area contributed by atoms with Gasteiger partial charge in [-0.1, -0.05) is 102 Å². The fourth-order valence-corrected chi connectivity index (χ4v) is 10.2. The largest absolute Gasteiger partial charge is 0.463 e. The van der Waals surface area contributed by atoms with Crippen molar-refractivity contribution in [3.05, 3.63) is 60.7 Å². The SMILES string of the molecule is CC(=O)OCC1OC(OCCCCCO[Si](c2ccccc2)(c2ccccc2)C(C)(C)C)C(C)C(C)C1C. The molecule has 1 aliphatic heterocycles. The van der Waals surface area contributed by atoms with Crippen molar-refractivity contribution in [1.29, 1.82) is 0 Å². The van der Waals surface area contributed by atoms with Gasteiger partial charge in [-0.15, -0.1) is 0 Å². The lowest BCUT2D eigenvalue weighted by molar-refractivity contribution is -0.255. The van der Waals surface area contributed by atoms with E-state index >= 15 is 0 Å². The van der Waals surface area contributed by atoms with Gasteiger partial charge in [0.25, 0.3) is 8.32 Å². The van der Waals surface area contributed by atoms with E-state index in [0.29, 0.717) is 18.4 Å². The van der Waals surface area contributed by atoms with E-state index in [9.17, 15) is 4.79 Å². The van der Waals surface area contributed by atoms with Crippen molar-refractivity contribution in [2.24, 2.45) is 17.8 Å². The lowest BCUT2D eigenvalue weighted by Crippen LogP contribution is -2.66. The minimum absolute atomic E-state index is 0.0102. The molecule has 1 heterocycles. The second kappa shape index (κ2) is 13.9. The van der Waals surface area contributed by atoms with Crippen molar-refractivity contribution in [2.45, 2.75) is 85.2 Å². The molecule has 5 atom stereocenters. The molecule has 3 rings (SSSR count). The number of benzene rings is 2. The van der Waals surface area contributed by atoms with Crippen molar-refractivity contribution in [2.75, 3.05) is 19.8 Å². The van der Waals surface area contributed by atoms with Crippen LogP contribution in [0.15, 0.2) is 60.7 Å². The maximum atomic E-state index is 11.3. The highest BCUT2D eigenvalue weighted by atomic mass is 28.4. The Hall–Kier alpha value is -1.99. The van der Waals surface area contributed by atoms with Gasteiger partial charge in [-0.25, -0.2) is 0 Å². The molecule has 0 aromatic heterocycles. The summed E-state index contributed by atoms with van der Waals surface area (Å²) in [6, 6.07) is 21.6. The molecule has 2 aromatic carbocycles. The van der Waals surface area contributed by atoms with Crippen LogP contribution in [-0.4, -0.2) is 46.5 Å². The summed E-state index contributed by atoms with van der Waals surface area (Å²) in [5, 5.41) is 2.62. The molecule has 6 heteroatoms. The highest BCUT2D eigenvalue weighted by molar-refractivity contribution is 6.99. The van der Waals surface area contributed by atoms with Crippen LogP contribution in [0.4, 0.5) is 0 Å². The molecule has 5 nitrogen and oxygen atoms in total. The van der Waals surface area contributed by atoms with Crippen molar-refractivity contribution in [3.8, 4) is 0 Å². The summed E-state index contributed by atoms with van der Waals surface area (Å²) in [6.45, 7) is 16.6. The monoisotopic (exact) mass is 540 g/mol. The van der Waals surface area contributed by atoms with Crippen LogP contribution in [0.2, 0.25) is 5.04 Å². The Balaban J connectivity index is 1.54. The summed E-state index contributed by atoms with van der Waals surface area (Å²) < 4.78 is 24.7. The van der Waals surface area contributed by atoms with Crippen LogP contribution in [0, 0.1) is 17.8 Å². The molecule has 0 bridgehead atoms. The Bertz CT molecular complexity index is 935. The van der Waals surface area contributed by atoms with E-state index in [-0.39, 0.29) is 35.9 Å². The Morgan fingerprint density at radius 3 is 1.89 bits per heavy atom. The van der Waals surface area contributed by atoms with E-state index in [1.165, 1.54) is 17.3 Å². The first kappa shape index (κ1) is 30.5. The van der Waals surface area contributed by atoms with Crippen molar-refractivity contribution in [3.63, 3.8) is 0 Å². The zero-order valence-corrected chi connectivity index (χ0v) is 25.4. The maximum absolute atomic E-state index is 11.3. The molecule has 38 heavy (non-hydrogen) atoms. The summed E-state index contributed by atoms with van der Waals surface area (Å²) in [7, 11) is -2.48. The number of esters is 1. The summed E-state index contributed by atoms with van der Waals surface area (Å²) in [6.07, 6.45) is 2.57. The summed E-state index contributed by atoms with van der Waals surface area (Å²) in [5.41, 5.74) is 0. The van der Waals surface area contributed by atoms with Gasteiger partial charge in [-0.2, -0.15) is 0 Å². The van der Waals surface area contributed by atoms with Crippen molar-refractivity contribution in [1.82, 2.24) is 0 Å². The average Bonchev–Trinajstić information content (AvgIpc) is 2.89. The second-order valence-corrected chi connectivity index (χ2v) is 16.2. The number of unbranched alkanes of at least 4 members (excludes halogenated alkanes) is 2. The Morgan fingerprint density at radius 1 is 0.816 bits per heavy atom. The smallest absolute Gasteiger partial charge is 0.302 e. The highest BCUT2D eigenvalue weighted by Gasteiger charge is 2.50. The molecule has 0 N–H and O–H groups in total. The first-order valence-corrected chi connectivity index (χ1v) is 16.1. The van der Waals surface area contributed by atoms with Gasteiger partial charge in [0.05, 0.1) is 6.10 Å². The van der Waals surface area contributed by atoms with Crippen LogP contribution in [0.25, 0.3) is 0 Å². The van der Waals surface area contributed by atoms with Crippen LogP contribution >= 0.6 is 0 Å². The van der Waals surface area contributed by atoms with Crippen molar-refractivity contribution >= 4 is 24.7 Å². The molecule has 1 saturated heterocycles. The summed E-state index contributed by atoms with van der Waals surface area (Å²) in [4.78, 5) is 11.3. The standard InChI is InChI=1S/C32H48O5Si/c1-24-25(2)30(23-35-27(4)33)37-31(26(24)3)34-21-15-10-16-22-36-38(32(5,6)7,28-17-11-8-12-18-28)29-19-13-9-14-20-29/h8-9,11-14,17-20,24-26,30-31H,10,15-16,21-23H2,1-7H3. The minimum Gasteiger partial charge on any atom is -0.463 e. The predicted molar refractivity (Wildman–Crippen MR) is 156 cm³/mol. The van der Waals surface area contributed by atoms with Crippen LogP contribution < -0.4 is 10.4 Å². The third kappa shape index (κ3) is 7.35. The molecule has 0 saturated carbocycles. The van der Waals surface area contributed by atoms with Crippen LogP contribution in [0.1, 0.15) is 67.7 Å². The quantitative estimate of drug-likeness (QED) is 0.189. The second-order valence-electron chi connectivity index (χ2n) is 11.9. The van der Waals surface area contributed by atoms with Gasteiger partial charge in [0.2, 0.25) is 0 Å². The molecular formula is C32H48O5Si. The molecule has 210 valence electrons. The van der Waals surface area contributed by atoms with Crippen LogP contribution in [-0.2, 0) is 23.4 Å². The normalized spacial score (nSPS) is 24.2. The first-order chi connectivity index (χ1) is 18.1. The van der Waals surface area contributed by atoms with E-state index < -0.39 is 8.32 Å². The van der Waals surface area contributed by atoms with E-state index in [4.69, 9.17) is 18.6 Å². The fraction of sp³-hybridized carbons (Fsp3) is 0.594. The fourth-order valence-electron chi connectivity index (χ4n) is 5.63. The summed E-state index contributed by atoms with van der Waals surface area (Å²) in [5.74, 6) is 0.749. The number of carbonyl (C=O) groups is 1. The van der Waals surface area contributed by atoms with Gasteiger partial charge in [-0.05, 0) is 46.5 Å². The summed E-state index contributed by atoms with van der Waals surface area (Å²) >= 11 is 0. The number of carbonyl (C=O) groups excluding carboxylic acids is 1. The minimum atomic E-state index is -2.48. The average molecular weight is 541 g/mol. The molecule has 0 amide bonds. The van der Waals surface area contributed by atoms with Crippen molar-refractivity contribution < 1.29 is 23.4 Å². The zero-order valence-electron chi connectivity index (χ0n) is 24.4. The molecule has 2 aromatic rings. The maximum Gasteiger partial charge on any atom is 0.302 e. The van der Waals surface area contributed by atoms with Crippen LogP contribution in [0.5, 0.6) is 0 Å². The molecular weight excluding hydrogens is 492 g/mol. The van der Waals surface area contributed by atoms with Gasteiger partial charge >= 0.3 is 5.97 Å². The topological polar surface area (TPSA) is 54.0 Å². The molecule has 0 radical (unpaired) electrons. The lowest BCUT2D eigenvalue weighted by atomic mass is 9.79. The third-order valence-electron chi connectivity index (χ3n) is 8.24. The number of rotatable bonds is 12. The van der Waals surface area contributed by atoms with Gasteiger partial charge in [0.1, 0.15) is 6.61 Å².